The van der Waals surface area contributed by atoms with Gasteiger partial charge in [0.05, 0.1) is 6.10 Å². The number of furan rings is 1. The molecule has 2 rings (SSSR count). The fraction of sp³-hybridized carbons (Fsp3) is 0.714. The standard InChI is InChI=1S/C14H22O2/c1-8(2)13-9(3)12-10(15)6-14(4,5)7-11(12)16-13/h8,10,15H,6-7H2,1-5H3/t10-/m1/s1. The van der Waals surface area contributed by atoms with E-state index >= 15 is 0 Å². The summed E-state index contributed by atoms with van der Waals surface area (Å²) in [5, 5.41) is 10.2. The smallest absolute Gasteiger partial charge is 0.110 e. The van der Waals surface area contributed by atoms with Crippen LogP contribution in [0.25, 0.3) is 0 Å². The minimum absolute atomic E-state index is 0.144. The van der Waals surface area contributed by atoms with Crippen LogP contribution in [-0.4, -0.2) is 5.11 Å². The van der Waals surface area contributed by atoms with Crippen LogP contribution in [0.2, 0.25) is 0 Å². The average Bonchev–Trinajstić information content (AvgIpc) is 2.40. The Bertz CT molecular complexity index is 399. The van der Waals surface area contributed by atoms with Gasteiger partial charge in [0, 0.05) is 17.9 Å². The lowest BCUT2D eigenvalue weighted by Gasteiger charge is -2.32. The Morgan fingerprint density at radius 1 is 1.38 bits per heavy atom. The monoisotopic (exact) mass is 222 g/mol. The largest absolute Gasteiger partial charge is 0.465 e. The normalized spacial score (nSPS) is 23.6. The van der Waals surface area contributed by atoms with Crippen molar-refractivity contribution < 1.29 is 9.52 Å². The maximum atomic E-state index is 10.2. The van der Waals surface area contributed by atoms with E-state index in [1.54, 1.807) is 0 Å². The van der Waals surface area contributed by atoms with Gasteiger partial charge < -0.3 is 9.52 Å². The van der Waals surface area contributed by atoms with Crippen molar-refractivity contribution >= 4 is 0 Å². The Hall–Kier alpha value is -0.760. The molecule has 1 atom stereocenters. The van der Waals surface area contributed by atoms with Gasteiger partial charge in [0.2, 0.25) is 0 Å². The number of aliphatic hydroxyl groups excluding tert-OH is 1. The van der Waals surface area contributed by atoms with Gasteiger partial charge >= 0.3 is 0 Å². The van der Waals surface area contributed by atoms with Gasteiger partial charge in [0.15, 0.2) is 0 Å². The van der Waals surface area contributed by atoms with E-state index in [0.717, 1.165) is 35.5 Å². The molecule has 90 valence electrons. The predicted molar refractivity (Wildman–Crippen MR) is 64.6 cm³/mol. The molecule has 16 heavy (non-hydrogen) atoms. The third kappa shape index (κ3) is 1.80. The number of fused-ring (bicyclic) bond motifs is 1. The third-order valence-electron chi connectivity index (χ3n) is 3.55. The van der Waals surface area contributed by atoms with Crippen LogP contribution < -0.4 is 0 Å². The first-order chi connectivity index (χ1) is 7.32. The minimum Gasteiger partial charge on any atom is -0.465 e. The van der Waals surface area contributed by atoms with E-state index in [1.165, 1.54) is 0 Å². The molecule has 0 saturated heterocycles. The number of hydrogen-bond acceptors (Lipinski definition) is 2. The molecule has 1 aliphatic rings. The van der Waals surface area contributed by atoms with E-state index in [-0.39, 0.29) is 11.5 Å². The molecule has 0 aliphatic heterocycles. The second-order valence-electron chi connectivity index (χ2n) is 6.14. The lowest BCUT2D eigenvalue weighted by molar-refractivity contribution is 0.0927. The van der Waals surface area contributed by atoms with Crippen LogP contribution in [0.4, 0.5) is 0 Å². The summed E-state index contributed by atoms with van der Waals surface area (Å²) >= 11 is 0. The fourth-order valence-electron chi connectivity index (χ4n) is 2.86. The van der Waals surface area contributed by atoms with Crippen LogP contribution >= 0.6 is 0 Å². The summed E-state index contributed by atoms with van der Waals surface area (Å²) in [7, 11) is 0. The van der Waals surface area contributed by atoms with Crippen molar-refractivity contribution in [2.75, 3.05) is 0 Å². The molecule has 0 fully saturated rings. The first kappa shape index (κ1) is 11.7. The number of aliphatic hydroxyl groups is 1. The van der Waals surface area contributed by atoms with Gasteiger partial charge in [-0.15, -0.1) is 0 Å². The number of rotatable bonds is 1. The molecule has 0 spiro atoms. The molecule has 1 aromatic rings. The van der Waals surface area contributed by atoms with Crippen LogP contribution in [-0.2, 0) is 6.42 Å². The molecule has 1 heterocycles. The maximum Gasteiger partial charge on any atom is 0.110 e. The van der Waals surface area contributed by atoms with Gasteiger partial charge in [-0.2, -0.15) is 0 Å². The van der Waals surface area contributed by atoms with Crippen molar-refractivity contribution in [3.05, 3.63) is 22.6 Å². The number of hydrogen-bond donors (Lipinski definition) is 1. The summed E-state index contributed by atoms with van der Waals surface area (Å²) < 4.78 is 5.94. The van der Waals surface area contributed by atoms with Gasteiger partial charge in [-0.3, -0.25) is 0 Å². The topological polar surface area (TPSA) is 33.4 Å². The van der Waals surface area contributed by atoms with E-state index in [2.05, 4.69) is 34.6 Å². The maximum absolute atomic E-state index is 10.2. The summed E-state index contributed by atoms with van der Waals surface area (Å²) in [6, 6.07) is 0. The van der Waals surface area contributed by atoms with Crippen LogP contribution in [0.1, 0.15) is 68.8 Å². The minimum atomic E-state index is -0.352. The summed E-state index contributed by atoms with van der Waals surface area (Å²) in [5.74, 6) is 2.44. The van der Waals surface area contributed by atoms with Crippen molar-refractivity contribution in [3.8, 4) is 0 Å². The van der Waals surface area contributed by atoms with Crippen molar-refractivity contribution in [3.63, 3.8) is 0 Å². The molecule has 2 nitrogen and oxygen atoms in total. The molecule has 0 unspecified atom stereocenters. The first-order valence-electron chi connectivity index (χ1n) is 6.12. The molecule has 0 radical (unpaired) electrons. The highest BCUT2D eigenvalue weighted by molar-refractivity contribution is 5.38. The van der Waals surface area contributed by atoms with Crippen molar-refractivity contribution in [1.29, 1.82) is 0 Å². The fourth-order valence-corrected chi connectivity index (χ4v) is 2.86. The molecule has 1 N–H and O–H groups in total. The lowest BCUT2D eigenvalue weighted by atomic mass is 9.75. The average molecular weight is 222 g/mol. The Labute approximate surface area is 97.7 Å². The summed E-state index contributed by atoms with van der Waals surface area (Å²) in [6.07, 6.45) is 1.42. The second-order valence-corrected chi connectivity index (χ2v) is 6.14. The van der Waals surface area contributed by atoms with Gasteiger partial charge in [-0.25, -0.2) is 0 Å². The van der Waals surface area contributed by atoms with E-state index in [1.807, 2.05) is 0 Å². The SMILES string of the molecule is Cc1c(C(C)C)oc2c1[C@H](O)CC(C)(C)C2. The highest BCUT2D eigenvalue weighted by Gasteiger charge is 2.36. The van der Waals surface area contributed by atoms with Crippen LogP contribution in [0.15, 0.2) is 4.42 Å². The molecule has 2 heteroatoms. The molecule has 0 amide bonds. The lowest BCUT2D eigenvalue weighted by Crippen LogP contribution is -2.24. The van der Waals surface area contributed by atoms with Crippen LogP contribution in [0, 0.1) is 12.3 Å². The van der Waals surface area contributed by atoms with Gasteiger partial charge in [-0.1, -0.05) is 27.7 Å². The Balaban J connectivity index is 2.49. The first-order valence-corrected chi connectivity index (χ1v) is 6.12. The molecule has 0 aromatic carbocycles. The summed E-state index contributed by atoms with van der Waals surface area (Å²) in [4.78, 5) is 0. The zero-order valence-electron chi connectivity index (χ0n) is 10.9. The third-order valence-corrected chi connectivity index (χ3v) is 3.55. The molecule has 0 saturated carbocycles. The zero-order valence-corrected chi connectivity index (χ0v) is 10.9. The van der Waals surface area contributed by atoms with Crippen LogP contribution in [0.5, 0.6) is 0 Å². The van der Waals surface area contributed by atoms with Crippen LogP contribution in [0.3, 0.4) is 0 Å². The second kappa shape index (κ2) is 3.63. The molecule has 0 bridgehead atoms. The van der Waals surface area contributed by atoms with E-state index < -0.39 is 0 Å². The van der Waals surface area contributed by atoms with Crippen molar-refractivity contribution in [1.82, 2.24) is 0 Å². The Morgan fingerprint density at radius 3 is 2.56 bits per heavy atom. The quantitative estimate of drug-likeness (QED) is 0.785. The van der Waals surface area contributed by atoms with E-state index in [9.17, 15) is 5.11 Å². The Morgan fingerprint density at radius 2 is 2.00 bits per heavy atom. The zero-order chi connectivity index (χ0) is 12.1. The highest BCUT2D eigenvalue weighted by Crippen LogP contribution is 2.44. The Kier molecular flexibility index (Phi) is 2.66. The summed E-state index contributed by atoms with van der Waals surface area (Å²) in [5.41, 5.74) is 2.36. The molecule has 1 aliphatic carbocycles. The van der Waals surface area contributed by atoms with Gasteiger partial charge in [0.1, 0.15) is 11.5 Å². The van der Waals surface area contributed by atoms with Gasteiger partial charge in [0.25, 0.3) is 0 Å². The highest BCUT2D eigenvalue weighted by atomic mass is 16.3. The van der Waals surface area contributed by atoms with E-state index in [4.69, 9.17) is 4.42 Å². The van der Waals surface area contributed by atoms with Crippen molar-refractivity contribution in [2.45, 2.75) is 59.5 Å². The van der Waals surface area contributed by atoms with E-state index in [0.29, 0.717) is 5.92 Å². The molecular formula is C14H22O2. The summed E-state index contributed by atoms with van der Waals surface area (Å²) in [6.45, 7) is 10.7. The van der Waals surface area contributed by atoms with Gasteiger partial charge in [-0.05, 0) is 24.3 Å². The predicted octanol–water partition coefficient (Wildman–Crippen LogP) is 3.72. The van der Waals surface area contributed by atoms with Crippen molar-refractivity contribution in [2.24, 2.45) is 5.41 Å². The molecular weight excluding hydrogens is 200 g/mol. The molecule has 1 aromatic heterocycles.